The van der Waals surface area contributed by atoms with E-state index in [0.717, 1.165) is 22.1 Å². The Morgan fingerprint density at radius 3 is 2.54 bits per heavy atom. The van der Waals surface area contributed by atoms with Gasteiger partial charge in [-0.2, -0.15) is 0 Å². The molecular formula is C20H25N3O3. The summed E-state index contributed by atoms with van der Waals surface area (Å²) in [6, 6.07) is 10.3. The Kier molecular flexibility index (Phi) is 6.20. The second-order valence-corrected chi connectivity index (χ2v) is 6.26. The lowest BCUT2D eigenvalue weighted by atomic mass is 10.1. The maximum Gasteiger partial charge on any atom is 0.223 e. The first kappa shape index (κ1) is 18.4. The molecule has 0 aliphatic heterocycles. The summed E-state index contributed by atoms with van der Waals surface area (Å²) in [5.74, 6) is 0.0972. The van der Waals surface area contributed by atoms with E-state index in [2.05, 4.69) is 28.2 Å². The molecule has 1 amide bonds. The van der Waals surface area contributed by atoms with Crippen molar-refractivity contribution in [3.63, 3.8) is 0 Å². The van der Waals surface area contributed by atoms with Crippen LogP contribution in [0.4, 0.5) is 0 Å². The van der Waals surface area contributed by atoms with Crippen molar-refractivity contribution in [1.82, 2.24) is 14.9 Å². The number of fused-ring (bicyclic) bond motifs is 3. The molecule has 0 spiro atoms. The number of aromatic amines is 1. The van der Waals surface area contributed by atoms with Crippen LogP contribution in [0.2, 0.25) is 0 Å². The van der Waals surface area contributed by atoms with Crippen molar-refractivity contribution in [2.75, 3.05) is 40.5 Å². The second-order valence-electron chi connectivity index (χ2n) is 6.26. The molecule has 2 aromatic heterocycles. The van der Waals surface area contributed by atoms with Crippen molar-refractivity contribution in [1.29, 1.82) is 0 Å². The van der Waals surface area contributed by atoms with Gasteiger partial charge in [-0.15, -0.1) is 0 Å². The smallest absolute Gasteiger partial charge is 0.223 e. The Hall–Kier alpha value is -2.44. The average molecular weight is 355 g/mol. The number of pyridine rings is 1. The third-order valence-electron chi connectivity index (χ3n) is 4.53. The number of aryl methyl sites for hydroxylation is 1. The standard InChI is InChI=1S/C20H25N3O3/c1-25-11-9-23(10-12-26-2)20(24)8-7-15-13-17-16-5-3-4-6-18(16)22-19(17)14-21-15/h3-6,13-14,22H,7-12H2,1-2H3. The molecular weight excluding hydrogens is 330 g/mol. The molecule has 1 aromatic carbocycles. The van der Waals surface area contributed by atoms with Crippen LogP contribution in [0.15, 0.2) is 36.5 Å². The summed E-state index contributed by atoms with van der Waals surface area (Å²) in [6.07, 6.45) is 2.89. The summed E-state index contributed by atoms with van der Waals surface area (Å²) in [5, 5.41) is 2.33. The highest BCUT2D eigenvalue weighted by Crippen LogP contribution is 2.25. The highest BCUT2D eigenvalue weighted by Gasteiger charge is 2.14. The number of nitrogens with one attached hydrogen (secondary N) is 1. The topological polar surface area (TPSA) is 67.5 Å². The van der Waals surface area contributed by atoms with Crippen molar-refractivity contribution in [3.05, 3.63) is 42.2 Å². The maximum atomic E-state index is 12.5. The Labute approximate surface area is 153 Å². The van der Waals surface area contributed by atoms with E-state index in [4.69, 9.17) is 9.47 Å². The van der Waals surface area contributed by atoms with E-state index >= 15 is 0 Å². The molecule has 3 rings (SSSR count). The molecule has 0 bridgehead atoms. The van der Waals surface area contributed by atoms with Crippen molar-refractivity contribution >= 4 is 27.7 Å². The fraction of sp³-hybridized carbons (Fsp3) is 0.400. The molecule has 26 heavy (non-hydrogen) atoms. The van der Waals surface area contributed by atoms with Crippen LogP contribution in [0.25, 0.3) is 21.8 Å². The number of hydrogen-bond donors (Lipinski definition) is 1. The second kappa shape index (κ2) is 8.78. The van der Waals surface area contributed by atoms with Gasteiger partial charge in [0, 0.05) is 55.7 Å². The van der Waals surface area contributed by atoms with E-state index in [1.165, 1.54) is 5.39 Å². The quantitative estimate of drug-likeness (QED) is 0.641. The third-order valence-corrected chi connectivity index (χ3v) is 4.53. The Bertz CT molecular complexity index is 867. The largest absolute Gasteiger partial charge is 0.383 e. The molecule has 1 N–H and O–H groups in total. The molecule has 0 saturated heterocycles. The lowest BCUT2D eigenvalue weighted by molar-refractivity contribution is -0.132. The van der Waals surface area contributed by atoms with Crippen LogP contribution < -0.4 is 0 Å². The van der Waals surface area contributed by atoms with Crippen LogP contribution in [0.3, 0.4) is 0 Å². The molecule has 0 unspecified atom stereocenters. The number of carbonyl (C=O) groups is 1. The van der Waals surface area contributed by atoms with Gasteiger partial charge in [0.2, 0.25) is 5.91 Å². The number of ether oxygens (including phenoxy) is 2. The molecule has 0 aliphatic rings. The van der Waals surface area contributed by atoms with E-state index < -0.39 is 0 Å². The number of para-hydroxylation sites is 1. The van der Waals surface area contributed by atoms with Crippen LogP contribution >= 0.6 is 0 Å². The van der Waals surface area contributed by atoms with Gasteiger partial charge in [0.1, 0.15) is 0 Å². The summed E-state index contributed by atoms with van der Waals surface area (Å²) in [6.45, 7) is 2.20. The summed E-state index contributed by atoms with van der Waals surface area (Å²) in [7, 11) is 3.28. The van der Waals surface area contributed by atoms with Crippen LogP contribution in [-0.4, -0.2) is 61.3 Å². The monoisotopic (exact) mass is 355 g/mol. The minimum Gasteiger partial charge on any atom is -0.383 e. The molecule has 0 fully saturated rings. The van der Waals surface area contributed by atoms with Gasteiger partial charge in [-0.05, 0) is 18.6 Å². The molecule has 6 heteroatoms. The van der Waals surface area contributed by atoms with Crippen molar-refractivity contribution in [3.8, 4) is 0 Å². The number of carbonyl (C=O) groups excluding carboxylic acids is 1. The van der Waals surface area contributed by atoms with Gasteiger partial charge < -0.3 is 19.4 Å². The van der Waals surface area contributed by atoms with Crippen LogP contribution in [0, 0.1) is 0 Å². The molecule has 0 aliphatic carbocycles. The lowest BCUT2D eigenvalue weighted by Crippen LogP contribution is -2.36. The van der Waals surface area contributed by atoms with Gasteiger partial charge in [-0.1, -0.05) is 18.2 Å². The molecule has 2 heterocycles. The first-order chi connectivity index (χ1) is 12.7. The Morgan fingerprint density at radius 2 is 1.81 bits per heavy atom. The number of methoxy groups -OCH3 is 2. The summed E-state index contributed by atoms with van der Waals surface area (Å²) >= 11 is 0. The molecule has 3 aromatic rings. The van der Waals surface area contributed by atoms with Crippen molar-refractivity contribution in [2.45, 2.75) is 12.8 Å². The van der Waals surface area contributed by atoms with Crippen molar-refractivity contribution < 1.29 is 14.3 Å². The van der Waals surface area contributed by atoms with Gasteiger partial charge in [0.25, 0.3) is 0 Å². The zero-order valence-electron chi connectivity index (χ0n) is 15.3. The van der Waals surface area contributed by atoms with Gasteiger partial charge in [-0.25, -0.2) is 0 Å². The maximum absolute atomic E-state index is 12.5. The predicted molar refractivity (Wildman–Crippen MR) is 102 cm³/mol. The van der Waals surface area contributed by atoms with Gasteiger partial charge in [0.15, 0.2) is 0 Å². The lowest BCUT2D eigenvalue weighted by Gasteiger charge is -2.22. The van der Waals surface area contributed by atoms with Crippen LogP contribution in [0.5, 0.6) is 0 Å². The van der Waals surface area contributed by atoms with E-state index in [-0.39, 0.29) is 5.91 Å². The number of amides is 1. The predicted octanol–water partition coefficient (Wildman–Crippen LogP) is 2.77. The average Bonchev–Trinajstić information content (AvgIpc) is 3.04. The minimum absolute atomic E-state index is 0.0972. The zero-order chi connectivity index (χ0) is 18.4. The molecule has 0 saturated carbocycles. The highest BCUT2D eigenvalue weighted by molar-refractivity contribution is 6.06. The van der Waals surface area contributed by atoms with Gasteiger partial charge >= 0.3 is 0 Å². The van der Waals surface area contributed by atoms with E-state index in [1.807, 2.05) is 18.3 Å². The molecule has 0 radical (unpaired) electrons. The van der Waals surface area contributed by atoms with Gasteiger partial charge in [-0.3, -0.25) is 9.78 Å². The fourth-order valence-corrected chi connectivity index (χ4v) is 3.09. The third kappa shape index (κ3) is 4.20. The van der Waals surface area contributed by atoms with Gasteiger partial charge in [0.05, 0.1) is 24.9 Å². The first-order valence-electron chi connectivity index (χ1n) is 8.84. The van der Waals surface area contributed by atoms with E-state index in [0.29, 0.717) is 39.1 Å². The summed E-state index contributed by atoms with van der Waals surface area (Å²) < 4.78 is 10.2. The molecule has 0 atom stereocenters. The first-order valence-corrected chi connectivity index (χ1v) is 8.84. The number of nitrogens with zero attached hydrogens (tertiary/aromatic N) is 2. The number of H-pyrrole nitrogens is 1. The number of aromatic nitrogens is 2. The Morgan fingerprint density at radius 1 is 1.08 bits per heavy atom. The van der Waals surface area contributed by atoms with Crippen LogP contribution in [0.1, 0.15) is 12.1 Å². The molecule has 138 valence electrons. The number of rotatable bonds is 9. The number of hydrogen-bond acceptors (Lipinski definition) is 4. The highest BCUT2D eigenvalue weighted by atomic mass is 16.5. The molecule has 6 nitrogen and oxygen atoms in total. The van der Waals surface area contributed by atoms with E-state index in [1.54, 1.807) is 19.1 Å². The zero-order valence-corrected chi connectivity index (χ0v) is 15.3. The normalized spacial score (nSPS) is 11.3. The van der Waals surface area contributed by atoms with Crippen LogP contribution in [-0.2, 0) is 20.7 Å². The minimum atomic E-state index is 0.0972. The summed E-state index contributed by atoms with van der Waals surface area (Å²) in [5.41, 5.74) is 3.04. The van der Waals surface area contributed by atoms with Crippen molar-refractivity contribution in [2.24, 2.45) is 0 Å². The Balaban J connectivity index is 1.69. The summed E-state index contributed by atoms with van der Waals surface area (Å²) in [4.78, 5) is 22.2. The number of benzene rings is 1. The fourth-order valence-electron chi connectivity index (χ4n) is 3.09. The van der Waals surface area contributed by atoms with E-state index in [9.17, 15) is 4.79 Å². The SMILES string of the molecule is COCCN(CCOC)C(=O)CCc1cc2c(cn1)[nH]c1ccccc12.